The first kappa shape index (κ1) is 19.4. The van der Waals surface area contributed by atoms with Crippen LogP contribution in [0.1, 0.15) is 5.56 Å². The van der Waals surface area contributed by atoms with E-state index in [0.29, 0.717) is 19.6 Å². The van der Waals surface area contributed by atoms with E-state index >= 15 is 0 Å². The van der Waals surface area contributed by atoms with Crippen LogP contribution >= 0.6 is 12.4 Å². The largest absolute Gasteiger partial charge is 0.383 e. The highest BCUT2D eigenvalue weighted by Gasteiger charge is 2.14. The summed E-state index contributed by atoms with van der Waals surface area (Å²) >= 11 is 0. The van der Waals surface area contributed by atoms with Crippen molar-refractivity contribution in [3.63, 3.8) is 0 Å². The normalized spacial score (nSPS) is 11.1. The van der Waals surface area contributed by atoms with Crippen LogP contribution < -0.4 is 16.4 Å². The maximum absolute atomic E-state index is 11.7. The Labute approximate surface area is 130 Å². The van der Waals surface area contributed by atoms with Crippen LogP contribution in [0.3, 0.4) is 0 Å². The van der Waals surface area contributed by atoms with Crippen LogP contribution in [0.25, 0.3) is 0 Å². The molecule has 1 rings (SSSR count). The molecule has 1 aromatic carbocycles. The molecule has 0 spiro atoms. The number of nitrogens with two attached hydrogens (primary N) is 1. The molecule has 0 aliphatic heterocycles. The second-order valence-corrected chi connectivity index (χ2v) is 4.36. The fourth-order valence-corrected chi connectivity index (χ4v) is 1.61. The van der Waals surface area contributed by atoms with Crippen molar-refractivity contribution in [1.29, 1.82) is 0 Å². The van der Waals surface area contributed by atoms with Gasteiger partial charge in [-0.2, -0.15) is 0 Å². The standard InChI is InChI=1S/C14H21N3O3.ClH/c1-20-8-7-16-13(18)10-17-14(19)12(15)9-11-5-3-2-4-6-11;/h2-6,12H,7-10,15H2,1H3,(H,16,18)(H,17,19);1H/t12-;/m0./s1. The lowest BCUT2D eigenvalue weighted by molar-refractivity contribution is -0.126. The zero-order chi connectivity index (χ0) is 14.8. The zero-order valence-electron chi connectivity index (χ0n) is 12.0. The number of hydrogen-bond donors (Lipinski definition) is 3. The average Bonchev–Trinajstić information content (AvgIpc) is 2.46. The number of ether oxygens (including phenoxy) is 1. The van der Waals surface area contributed by atoms with Gasteiger partial charge >= 0.3 is 0 Å². The Morgan fingerprint density at radius 1 is 1.24 bits per heavy atom. The quantitative estimate of drug-likeness (QED) is 0.582. The van der Waals surface area contributed by atoms with E-state index in [2.05, 4.69) is 10.6 Å². The first-order chi connectivity index (χ1) is 9.63. The number of halogens is 1. The van der Waals surface area contributed by atoms with E-state index in [1.54, 1.807) is 7.11 Å². The number of nitrogens with one attached hydrogen (secondary N) is 2. The highest BCUT2D eigenvalue weighted by atomic mass is 35.5. The van der Waals surface area contributed by atoms with Crippen molar-refractivity contribution in [2.24, 2.45) is 5.73 Å². The van der Waals surface area contributed by atoms with E-state index in [4.69, 9.17) is 10.5 Å². The van der Waals surface area contributed by atoms with Gasteiger partial charge in [-0.05, 0) is 12.0 Å². The molecule has 0 unspecified atom stereocenters. The smallest absolute Gasteiger partial charge is 0.239 e. The predicted molar refractivity (Wildman–Crippen MR) is 83.3 cm³/mol. The Kier molecular flexibility index (Phi) is 10.2. The van der Waals surface area contributed by atoms with Gasteiger partial charge in [-0.3, -0.25) is 9.59 Å². The Morgan fingerprint density at radius 3 is 2.52 bits per heavy atom. The van der Waals surface area contributed by atoms with Gasteiger partial charge in [-0.25, -0.2) is 0 Å². The van der Waals surface area contributed by atoms with Gasteiger partial charge in [-0.15, -0.1) is 12.4 Å². The fourth-order valence-electron chi connectivity index (χ4n) is 1.61. The molecule has 118 valence electrons. The molecule has 0 aliphatic carbocycles. The maximum Gasteiger partial charge on any atom is 0.239 e. The van der Waals surface area contributed by atoms with Crippen molar-refractivity contribution in [2.75, 3.05) is 26.8 Å². The Bertz CT molecular complexity index is 429. The minimum atomic E-state index is -0.663. The number of hydrogen-bond acceptors (Lipinski definition) is 4. The molecular formula is C14H22ClN3O3. The van der Waals surface area contributed by atoms with Crippen molar-refractivity contribution in [3.8, 4) is 0 Å². The average molecular weight is 316 g/mol. The second kappa shape index (κ2) is 11.1. The third kappa shape index (κ3) is 8.29. The van der Waals surface area contributed by atoms with Crippen LogP contribution in [0, 0.1) is 0 Å². The van der Waals surface area contributed by atoms with Gasteiger partial charge in [0.1, 0.15) is 0 Å². The van der Waals surface area contributed by atoms with Gasteiger partial charge < -0.3 is 21.1 Å². The van der Waals surface area contributed by atoms with Gasteiger partial charge in [0.25, 0.3) is 0 Å². The molecule has 0 heterocycles. The molecule has 2 amide bonds. The van der Waals surface area contributed by atoms with Crippen molar-refractivity contribution in [2.45, 2.75) is 12.5 Å². The van der Waals surface area contributed by atoms with Gasteiger partial charge in [0.05, 0.1) is 19.2 Å². The summed E-state index contributed by atoms with van der Waals surface area (Å²) in [6.07, 6.45) is 0.442. The van der Waals surface area contributed by atoms with Crippen molar-refractivity contribution in [3.05, 3.63) is 35.9 Å². The minimum absolute atomic E-state index is 0. The topological polar surface area (TPSA) is 93.5 Å². The summed E-state index contributed by atoms with van der Waals surface area (Å²) in [7, 11) is 1.55. The Morgan fingerprint density at radius 2 is 1.90 bits per heavy atom. The number of rotatable bonds is 8. The molecule has 0 fully saturated rings. The zero-order valence-corrected chi connectivity index (χ0v) is 12.8. The van der Waals surface area contributed by atoms with Gasteiger partial charge in [0, 0.05) is 13.7 Å². The van der Waals surface area contributed by atoms with E-state index in [-0.39, 0.29) is 30.8 Å². The van der Waals surface area contributed by atoms with E-state index in [0.717, 1.165) is 5.56 Å². The summed E-state index contributed by atoms with van der Waals surface area (Å²) in [4.78, 5) is 23.1. The van der Waals surface area contributed by atoms with E-state index in [1.807, 2.05) is 30.3 Å². The Balaban J connectivity index is 0.00000400. The monoisotopic (exact) mass is 315 g/mol. The van der Waals surface area contributed by atoms with Crippen LogP contribution in [0.4, 0.5) is 0 Å². The van der Waals surface area contributed by atoms with Gasteiger partial charge in [0.2, 0.25) is 11.8 Å². The van der Waals surface area contributed by atoms with Crippen molar-refractivity contribution >= 4 is 24.2 Å². The van der Waals surface area contributed by atoms with Crippen LogP contribution in [-0.4, -0.2) is 44.7 Å². The summed E-state index contributed by atoms with van der Waals surface area (Å²) in [5, 5.41) is 5.12. The van der Waals surface area contributed by atoms with Gasteiger partial charge in [-0.1, -0.05) is 30.3 Å². The first-order valence-corrected chi connectivity index (χ1v) is 6.46. The second-order valence-electron chi connectivity index (χ2n) is 4.36. The lowest BCUT2D eigenvalue weighted by Gasteiger charge is -2.12. The van der Waals surface area contributed by atoms with Gasteiger partial charge in [0.15, 0.2) is 0 Å². The molecule has 0 radical (unpaired) electrons. The highest BCUT2D eigenvalue weighted by Crippen LogP contribution is 2.01. The fraction of sp³-hybridized carbons (Fsp3) is 0.429. The predicted octanol–water partition coefficient (Wildman–Crippen LogP) is -0.143. The molecule has 0 saturated carbocycles. The number of methoxy groups -OCH3 is 1. The molecule has 1 atom stereocenters. The number of benzene rings is 1. The summed E-state index contributed by atoms with van der Waals surface area (Å²) in [5.41, 5.74) is 6.78. The first-order valence-electron chi connectivity index (χ1n) is 6.46. The molecule has 0 aromatic heterocycles. The molecular weight excluding hydrogens is 294 g/mol. The van der Waals surface area contributed by atoms with Crippen molar-refractivity contribution < 1.29 is 14.3 Å². The third-order valence-electron chi connectivity index (χ3n) is 2.69. The van der Waals surface area contributed by atoms with Crippen LogP contribution in [0.5, 0.6) is 0 Å². The molecule has 0 aliphatic rings. The van der Waals surface area contributed by atoms with Crippen molar-refractivity contribution in [1.82, 2.24) is 10.6 Å². The summed E-state index contributed by atoms with van der Waals surface area (Å²) in [6, 6.07) is 8.84. The number of amides is 2. The summed E-state index contributed by atoms with van der Waals surface area (Å²) in [6.45, 7) is 0.777. The minimum Gasteiger partial charge on any atom is -0.383 e. The summed E-state index contributed by atoms with van der Waals surface area (Å²) < 4.78 is 4.80. The molecule has 0 saturated heterocycles. The molecule has 4 N–H and O–H groups in total. The molecule has 7 heteroatoms. The lowest BCUT2D eigenvalue weighted by Crippen LogP contribution is -2.46. The van der Waals surface area contributed by atoms with E-state index in [9.17, 15) is 9.59 Å². The highest BCUT2D eigenvalue weighted by molar-refractivity contribution is 5.87. The number of carbonyl (C=O) groups excluding carboxylic acids is 2. The molecule has 1 aromatic rings. The van der Waals surface area contributed by atoms with Crippen LogP contribution in [-0.2, 0) is 20.7 Å². The van der Waals surface area contributed by atoms with E-state index in [1.165, 1.54) is 0 Å². The lowest BCUT2D eigenvalue weighted by atomic mass is 10.1. The van der Waals surface area contributed by atoms with Crippen LogP contribution in [0.2, 0.25) is 0 Å². The van der Waals surface area contributed by atoms with Crippen LogP contribution in [0.15, 0.2) is 30.3 Å². The Hall–Kier alpha value is -1.63. The number of carbonyl (C=O) groups is 2. The summed E-state index contributed by atoms with van der Waals surface area (Å²) in [5.74, 6) is -0.599. The SMILES string of the molecule is COCCNC(=O)CNC(=O)[C@@H](N)Cc1ccccc1.Cl. The maximum atomic E-state index is 11.7. The molecule has 6 nitrogen and oxygen atoms in total. The van der Waals surface area contributed by atoms with E-state index < -0.39 is 6.04 Å². The molecule has 0 bridgehead atoms. The molecule has 21 heavy (non-hydrogen) atoms. The third-order valence-corrected chi connectivity index (χ3v) is 2.69.